The van der Waals surface area contributed by atoms with E-state index >= 15 is 0 Å². The fraction of sp³-hybridized carbons (Fsp3) is 0.579. The lowest BCUT2D eigenvalue weighted by Crippen LogP contribution is -2.53. The van der Waals surface area contributed by atoms with Crippen molar-refractivity contribution in [1.82, 2.24) is 4.90 Å². The molecule has 1 heterocycles. The van der Waals surface area contributed by atoms with Crippen molar-refractivity contribution in [2.75, 3.05) is 33.9 Å². The Bertz CT molecular complexity index is 599. The summed E-state index contributed by atoms with van der Waals surface area (Å²) in [5.74, 6) is 1.58. The second-order valence-corrected chi connectivity index (χ2v) is 6.64. The van der Waals surface area contributed by atoms with Crippen LogP contribution in [0.4, 0.5) is 0 Å². The number of rotatable bonds is 4. The molecule has 3 rings (SSSR count). The first-order chi connectivity index (χ1) is 11.1. The molecule has 0 amide bonds. The Morgan fingerprint density at radius 1 is 1.22 bits per heavy atom. The molecule has 1 saturated carbocycles. The molecule has 1 aliphatic carbocycles. The van der Waals surface area contributed by atoms with Gasteiger partial charge in [0.15, 0.2) is 11.5 Å². The van der Waals surface area contributed by atoms with Gasteiger partial charge in [0.25, 0.3) is 0 Å². The largest absolute Gasteiger partial charge is 0.493 e. The van der Waals surface area contributed by atoms with Crippen molar-refractivity contribution in [2.45, 2.75) is 37.6 Å². The second kappa shape index (κ2) is 6.54. The number of aliphatic hydroxyl groups excluding tert-OH is 1. The minimum atomic E-state index is -0.0504. The Kier molecular flexibility index (Phi) is 4.64. The summed E-state index contributed by atoms with van der Waals surface area (Å²) in [5.41, 5.74) is 3.93. The molecule has 4 heteroatoms. The molecule has 0 radical (unpaired) electrons. The van der Waals surface area contributed by atoms with Gasteiger partial charge in [-0.25, -0.2) is 0 Å². The zero-order valence-electron chi connectivity index (χ0n) is 14.2. The molecule has 1 N–H and O–H groups in total. The van der Waals surface area contributed by atoms with Gasteiger partial charge in [0, 0.05) is 13.1 Å². The Morgan fingerprint density at radius 3 is 2.61 bits per heavy atom. The van der Waals surface area contributed by atoms with Gasteiger partial charge in [-0.15, -0.1) is 0 Å². The predicted octanol–water partition coefficient (Wildman–Crippen LogP) is 2.88. The van der Waals surface area contributed by atoms with E-state index in [4.69, 9.17) is 9.47 Å². The average molecular weight is 317 g/mol. The molecule has 0 saturated heterocycles. The van der Waals surface area contributed by atoms with Crippen molar-refractivity contribution >= 4 is 0 Å². The van der Waals surface area contributed by atoms with Crippen molar-refractivity contribution in [2.24, 2.45) is 0 Å². The predicted molar refractivity (Wildman–Crippen MR) is 91.2 cm³/mol. The summed E-state index contributed by atoms with van der Waals surface area (Å²) in [5, 5.41) is 9.52. The summed E-state index contributed by atoms with van der Waals surface area (Å²) in [6.07, 6.45) is 5.31. The van der Waals surface area contributed by atoms with Gasteiger partial charge >= 0.3 is 0 Å². The quantitative estimate of drug-likeness (QED) is 0.867. The highest BCUT2D eigenvalue weighted by Crippen LogP contribution is 2.49. The molecule has 1 aromatic carbocycles. The molecule has 1 fully saturated rings. The van der Waals surface area contributed by atoms with Crippen LogP contribution in [0, 0.1) is 0 Å². The van der Waals surface area contributed by atoms with Gasteiger partial charge in [0.1, 0.15) is 0 Å². The number of aliphatic hydroxyl groups is 1. The van der Waals surface area contributed by atoms with E-state index < -0.39 is 0 Å². The fourth-order valence-electron chi connectivity index (χ4n) is 4.37. The van der Waals surface area contributed by atoms with E-state index in [1.165, 1.54) is 16.7 Å². The van der Waals surface area contributed by atoms with Crippen molar-refractivity contribution < 1.29 is 14.6 Å². The first-order valence-electron chi connectivity index (χ1n) is 8.42. The minimum absolute atomic E-state index is 0.0504. The molecule has 1 unspecified atom stereocenters. The summed E-state index contributed by atoms with van der Waals surface area (Å²) in [7, 11) is 3.37. The topological polar surface area (TPSA) is 41.9 Å². The zero-order valence-corrected chi connectivity index (χ0v) is 14.2. The van der Waals surface area contributed by atoms with E-state index in [2.05, 4.69) is 23.6 Å². The van der Waals surface area contributed by atoms with Gasteiger partial charge < -0.3 is 14.6 Å². The molecule has 0 aromatic heterocycles. The average Bonchev–Trinajstić information content (AvgIpc) is 2.57. The van der Waals surface area contributed by atoms with Gasteiger partial charge in [-0.3, -0.25) is 4.90 Å². The summed E-state index contributed by atoms with van der Waals surface area (Å²) >= 11 is 0. The van der Waals surface area contributed by atoms with Crippen LogP contribution >= 0.6 is 0 Å². The van der Waals surface area contributed by atoms with Gasteiger partial charge in [-0.05, 0) is 55.4 Å². The molecule has 2 aliphatic rings. The normalized spacial score (nSPS) is 24.6. The maximum absolute atomic E-state index is 9.52. The molecule has 1 aliphatic heterocycles. The summed E-state index contributed by atoms with van der Waals surface area (Å²) in [4.78, 5) is 2.45. The maximum atomic E-state index is 9.52. The lowest BCUT2D eigenvalue weighted by molar-refractivity contribution is 0.0361. The molecular formula is C19H27NO3. The Morgan fingerprint density at radius 2 is 1.96 bits per heavy atom. The van der Waals surface area contributed by atoms with E-state index in [1.807, 2.05) is 0 Å². The van der Waals surface area contributed by atoms with E-state index in [0.29, 0.717) is 6.54 Å². The van der Waals surface area contributed by atoms with Crippen LogP contribution in [0.15, 0.2) is 24.3 Å². The standard InChI is InChI=1S/C19H27NO3/c1-14-5-4-7-19(13-14)16-12-18(23-3)17(22-2)11-15(16)6-8-20(19)9-10-21/h11-12,21H,1,4-10,13H2,2-3H3. The molecular weight excluding hydrogens is 290 g/mol. The van der Waals surface area contributed by atoms with Gasteiger partial charge in [-0.1, -0.05) is 12.2 Å². The van der Waals surface area contributed by atoms with Crippen LogP contribution in [-0.4, -0.2) is 43.9 Å². The summed E-state index contributed by atoms with van der Waals surface area (Å²) < 4.78 is 11.0. The van der Waals surface area contributed by atoms with Gasteiger partial charge in [0.05, 0.1) is 26.4 Å². The van der Waals surface area contributed by atoms with Crippen LogP contribution in [0.2, 0.25) is 0 Å². The number of β-amino-alcohol motifs (C(OH)–C–C–N with tert-alkyl or cyclic N) is 1. The first-order valence-corrected chi connectivity index (χ1v) is 8.42. The molecule has 1 atom stereocenters. The third kappa shape index (κ3) is 2.74. The summed E-state index contributed by atoms with van der Waals surface area (Å²) in [6, 6.07) is 4.28. The van der Waals surface area contributed by atoms with E-state index in [9.17, 15) is 5.11 Å². The summed E-state index contributed by atoms with van der Waals surface area (Å²) in [6.45, 7) is 6.13. The smallest absolute Gasteiger partial charge is 0.161 e. The number of methoxy groups -OCH3 is 2. The molecule has 126 valence electrons. The van der Waals surface area contributed by atoms with Gasteiger partial charge in [-0.2, -0.15) is 0 Å². The first kappa shape index (κ1) is 16.3. The highest BCUT2D eigenvalue weighted by molar-refractivity contribution is 5.51. The maximum Gasteiger partial charge on any atom is 0.161 e. The molecule has 23 heavy (non-hydrogen) atoms. The molecule has 1 aromatic rings. The molecule has 4 nitrogen and oxygen atoms in total. The lowest BCUT2D eigenvalue weighted by atomic mass is 9.69. The second-order valence-electron chi connectivity index (χ2n) is 6.64. The van der Waals surface area contributed by atoms with E-state index in [-0.39, 0.29) is 12.1 Å². The molecule has 1 spiro atoms. The highest BCUT2D eigenvalue weighted by atomic mass is 16.5. The van der Waals surface area contributed by atoms with Crippen LogP contribution in [0.25, 0.3) is 0 Å². The van der Waals surface area contributed by atoms with Gasteiger partial charge in [0.2, 0.25) is 0 Å². The number of nitrogens with zero attached hydrogens (tertiary/aromatic N) is 1. The number of hydrogen-bond donors (Lipinski definition) is 1. The minimum Gasteiger partial charge on any atom is -0.493 e. The third-order valence-electron chi connectivity index (χ3n) is 5.40. The number of ether oxygens (including phenoxy) is 2. The Balaban J connectivity index is 2.12. The molecule has 0 bridgehead atoms. The third-order valence-corrected chi connectivity index (χ3v) is 5.40. The van der Waals surface area contributed by atoms with Crippen molar-refractivity contribution in [3.05, 3.63) is 35.4 Å². The lowest BCUT2D eigenvalue weighted by Gasteiger charge is -2.51. The number of hydrogen-bond acceptors (Lipinski definition) is 4. The Hall–Kier alpha value is -1.52. The number of benzene rings is 1. The SMILES string of the molecule is C=C1CCCC2(C1)c1cc(OC)c(OC)cc1CCN2CCO. The van der Waals surface area contributed by atoms with Crippen molar-refractivity contribution in [3.8, 4) is 11.5 Å². The van der Waals surface area contributed by atoms with Crippen molar-refractivity contribution in [3.63, 3.8) is 0 Å². The van der Waals surface area contributed by atoms with E-state index in [0.717, 1.165) is 50.1 Å². The van der Waals surface area contributed by atoms with Crippen LogP contribution in [0.5, 0.6) is 11.5 Å². The van der Waals surface area contributed by atoms with Crippen LogP contribution in [0.1, 0.15) is 36.8 Å². The number of fused-ring (bicyclic) bond motifs is 2. The van der Waals surface area contributed by atoms with Crippen molar-refractivity contribution in [1.29, 1.82) is 0 Å². The highest BCUT2D eigenvalue weighted by Gasteiger charge is 2.44. The zero-order chi connectivity index (χ0) is 16.4. The van der Waals surface area contributed by atoms with Crippen LogP contribution in [-0.2, 0) is 12.0 Å². The Labute approximate surface area is 138 Å². The van der Waals surface area contributed by atoms with E-state index in [1.54, 1.807) is 14.2 Å². The van der Waals surface area contributed by atoms with Crippen LogP contribution in [0.3, 0.4) is 0 Å². The fourth-order valence-corrected chi connectivity index (χ4v) is 4.37. The van der Waals surface area contributed by atoms with Crippen LogP contribution < -0.4 is 9.47 Å². The monoisotopic (exact) mass is 317 g/mol.